The Labute approximate surface area is 129 Å². The average Bonchev–Trinajstić information content (AvgIpc) is 2.47. The van der Waals surface area contributed by atoms with E-state index in [4.69, 9.17) is 10.00 Å². The lowest BCUT2D eigenvalue weighted by Crippen LogP contribution is -1.98. The summed E-state index contributed by atoms with van der Waals surface area (Å²) in [5, 5.41) is 9.03. The van der Waals surface area contributed by atoms with Gasteiger partial charge in [0.15, 0.2) is 0 Å². The summed E-state index contributed by atoms with van der Waals surface area (Å²) >= 11 is 3.40. The maximum Gasteiger partial charge on any atom is 0.120 e. The third-order valence-corrected chi connectivity index (χ3v) is 3.06. The summed E-state index contributed by atoms with van der Waals surface area (Å²) in [5.74, 6) is 0.818. The van der Waals surface area contributed by atoms with Crippen LogP contribution in [0.5, 0.6) is 5.75 Å². The molecule has 20 heavy (non-hydrogen) atoms. The van der Waals surface area contributed by atoms with E-state index in [2.05, 4.69) is 22.0 Å². The highest BCUT2D eigenvalue weighted by molar-refractivity contribution is 9.10. The van der Waals surface area contributed by atoms with E-state index in [0.717, 1.165) is 21.3 Å². The molecule has 2 rings (SSSR count). The lowest BCUT2D eigenvalue weighted by Gasteiger charge is -2.08. The topological polar surface area (TPSA) is 33.0 Å². The number of ether oxygens (including phenoxy) is 1. The maximum absolute atomic E-state index is 9.03. The van der Waals surface area contributed by atoms with Gasteiger partial charge in [-0.15, -0.1) is 0 Å². The van der Waals surface area contributed by atoms with E-state index in [-0.39, 0.29) is 0 Å². The minimum Gasteiger partial charge on any atom is -0.489 e. The van der Waals surface area contributed by atoms with Crippen molar-refractivity contribution in [3.8, 4) is 11.8 Å². The van der Waals surface area contributed by atoms with Gasteiger partial charge in [0, 0.05) is 10.0 Å². The van der Waals surface area contributed by atoms with E-state index in [0.29, 0.717) is 12.2 Å². The predicted molar refractivity (Wildman–Crippen MR) is 85.7 cm³/mol. The molecular formula is C17H18BrNO. The van der Waals surface area contributed by atoms with Gasteiger partial charge in [0.25, 0.3) is 0 Å². The molecule has 0 atom stereocenters. The fourth-order valence-corrected chi connectivity index (χ4v) is 2.07. The molecule has 0 N–H and O–H groups in total. The van der Waals surface area contributed by atoms with Gasteiger partial charge >= 0.3 is 0 Å². The number of nitriles is 1. The van der Waals surface area contributed by atoms with Gasteiger partial charge in [0.2, 0.25) is 0 Å². The quantitative estimate of drug-likeness (QED) is 0.770. The van der Waals surface area contributed by atoms with Gasteiger partial charge in [-0.3, -0.25) is 0 Å². The van der Waals surface area contributed by atoms with E-state index in [1.165, 1.54) is 0 Å². The number of hydrogen-bond donors (Lipinski definition) is 0. The van der Waals surface area contributed by atoms with Crippen molar-refractivity contribution in [2.45, 2.75) is 27.4 Å². The predicted octanol–water partition coefficient (Wildman–Crippen LogP) is 5.23. The molecule has 0 fully saturated rings. The van der Waals surface area contributed by atoms with E-state index in [1.807, 2.05) is 57.2 Å². The molecule has 0 unspecified atom stereocenters. The van der Waals surface area contributed by atoms with Gasteiger partial charge in [-0.05, 0) is 42.8 Å². The molecule has 2 aromatic rings. The summed E-state index contributed by atoms with van der Waals surface area (Å²) in [4.78, 5) is 0. The smallest absolute Gasteiger partial charge is 0.120 e. The minimum absolute atomic E-state index is 0.395. The normalized spacial score (nSPS) is 9.15. The average molecular weight is 332 g/mol. The SMILES string of the molecule is CC.Cc1cccc(OCc2cc(Br)ccc2C#N)c1. The van der Waals surface area contributed by atoms with Gasteiger partial charge in [-0.1, -0.05) is 41.9 Å². The fraction of sp³-hybridized carbons (Fsp3) is 0.235. The van der Waals surface area contributed by atoms with Gasteiger partial charge in [0.1, 0.15) is 12.4 Å². The van der Waals surface area contributed by atoms with E-state index in [1.54, 1.807) is 6.07 Å². The highest BCUT2D eigenvalue weighted by Gasteiger charge is 2.04. The molecule has 0 radical (unpaired) electrons. The Hall–Kier alpha value is -1.79. The number of nitrogens with zero attached hydrogens (tertiary/aromatic N) is 1. The van der Waals surface area contributed by atoms with Crippen molar-refractivity contribution < 1.29 is 4.74 Å². The van der Waals surface area contributed by atoms with Crippen LogP contribution in [-0.4, -0.2) is 0 Å². The second kappa shape index (κ2) is 8.39. The van der Waals surface area contributed by atoms with Crippen LogP contribution < -0.4 is 4.74 Å². The summed E-state index contributed by atoms with van der Waals surface area (Å²) < 4.78 is 6.65. The Kier molecular flexibility index (Phi) is 6.83. The van der Waals surface area contributed by atoms with Crippen LogP contribution in [-0.2, 0) is 6.61 Å². The molecule has 0 heterocycles. The van der Waals surface area contributed by atoms with Gasteiger partial charge in [-0.2, -0.15) is 5.26 Å². The number of hydrogen-bond acceptors (Lipinski definition) is 2. The molecule has 0 aromatic heterocycles. The summed E-state index contributed by atoms with van der Waals surface area (Å²) in [6.07, 6.45) is 0. The number of aryl methyl sites for hydroxylation is 1. The summed E-state index contributed by atoms with van der Waals surface area (Å²) in [6.45, 7) is 6.42. The summed E-state index contributed by atoms with van der Waals surface area (Å²) in [7, 11) is 0. The zero-order valence-corrected chi connectivity index (χ0v) is 13.6. The molecule has 0 saturated carbocycles. The second-order valence-corrected chi connectivity index (χ2v) is 4.93. The lowest BCUT2D eigenvalue weighted by atomic mass is 10.1. The van der Waals surface area contributed by atoms with Gasteiger partial charge < -0.3 is 4.74 Å². The van der Waals surface area contributed by atoms with E-state index in [9.17, 15) is 0 Å². The largest absolute Gasteiger partial charge is 0.489 e. The molecule has 3 heteroatoms. The van der Waals surface area contributed by atoms with Crippen molar-refractivity contribution in [1.82, 2.24) is 0 Å². The Balaban J connectivity index is 0.000000956. The monoisotopic (exact) mass is 331 g/mol. The molecule has 0 aliphatic rings. The Bertz CT molecular complexity index is 602. The third kappa shape index (κ3) is 4.71. The molecule has 0 bridgehead atoms. The zero-order valence-electron chi connectivity index (χ0n) is 12.0. The van der Waals surface area contributed by atoms with Crippen LogP contribution in [0.3, 0.4) is 0 Å². The highest BCUT2D eigenvalue weighted by Crippen LogP contribution is 2.19. The molecule has 0 aliphatic heterocycles. The molecular weight excluding hydrogens is 314 g/mol. The van der Waals surface area contributed by atoms with Crippen LogP contribution in [0.1, 0.15) is 30.5 Å². The van der Waals surface area contributed by atoms with Crippen LogP contribution >= 0.6 is 15.9 Å². The van der Waals surface area contributed by atoms with Crippen LogP contribution in [0.2, 0.25) is 0 Å². The van der Waals surface area contributed by atoms with Crippen LogP contribution in [0.25, 0.3) is 0 Å². The van der Waals surface area contributed by atoms with Crippen molar-refractivity contribution in [3.05, 3.63) is 63.6 Å². The standard InChI is InChI=1S/C15H12BrNO.C2H6/c1-11-3-2-4-15(7-11)18-10-13-8-14(16)6-5-12(13)9-17;1-2/h2-8H,10H2,1H3;1-2H3. The van der Waals surface area contributed by atoms with Crippen LogP contribution in [0.4, 0.5) is 0 Å². The Morgan fingerprint density at radius 1 is 1.15 bits per heavy atom. The molecule has 2 aromatic carbocycles. The van der Waals surface area contributed by atoms with E-state index >= 15 is 0 Å². The highest BCUT2D eigenvalue weighted by atomic mass is 79.9. The van der Waals surface area contributed by atoms with Crippen molar-refractivity contribution >= 4 is 15.9 Å². The van der Waals surface area contributed by atoms with Crippen molar-refractivity contribution in [2.24, 2.45) is 0 Å². The molecule has 0 spiro atoms. The number of halogens is 1. The summed E-state index contributed by atoms with van der Waals surface area (Å²) in [5.41, 5.74) is 2.68. The first-order valence-electron chi connectivity index (χ1n) is 6.57. The molecule has 104 valence electrons. The third-order valence-electron chi connectivity index (χ3n) is 2.57. The zero-order chi connectivity index (χ0) is 15.0. The van der Waals surface area contributed by atoms with Crippen molar-refractivity contribution in [2.75, 3.05) is 0 Å². The molecule has 0 saturated heterocycles. The van der Waals surface area contributed by atoms with Gasteiger partial charge in [0.05, 0.1) is 11.6 Å². The van der Waals surface area contributed by atoms with Crippen molar-refractivity contribution in [3.63, 3.8) is 0 Å². The van der Waals surface area contributed by atoms with Crippen LogP contribution in [0.15, 0.2) is 46.9 Å². The van der Waals surface area contributed by atoms with Gasteiger partial charge in [-0.25, -0.2) is 0 Å². The Morgan fingerprint density at radius 2 is 1.90 bits per heavy atom. The molecule has 0 amide bonds. The fourth-order valence-electron chi connectivity index (χ4n) is 1.66. The second-order valence-electron chi connectivity index (χ2n) is 4.02. The van der Waals surface area contributed by atoms with E-state index < -0.39 is 0 Å². The number of benzene rings is 2. The minimum atomic E-state index is 0.395. The number of rotatable bonds is 3. The molecule has 0 aliphatic carbocycles. The lowest BCUT2D eigenvalue weighted by molar-refractivity contribution is 0.305. The Morgan fingerprint density at radius 3 is 2.55 bits per heavy atom. The maximum atomic E-state index is 9.03. The van der Waals surface area contributed by atoms with Crippen molar-refractivity contribution in [1.29, 1.82) is 5.26 Å². The first-order chi connectivity index (χ1) is 9.69. The first kappa shape index (κ1) is 16.3. The summed E-state index contributed by atoms with van der Waals surface area (Å²) in [6, 6.07) is 15.6. The first-order valence-corrected chi connectivity index (χ1v) is 7.36. The van der Waals surface area contributed by atoms with Crippen LogP contribution in [0, 0.1) is 18.3 Å². The molecule has 2 nitrogen and oxygen atoms in total.